The van der Waals surface area contributed by atoms with Crippen LogP contribution in [0.1, 0.15) is 5.56 Å². The van der Waals surface area contributed by atoms with Crippen LogP contribution >= 0.6 is 11.6 Å². The van der Waals surface area contributed by atoms with Gasteiger partial charge in [-0.2, -0.15) is 0 Å². The van der Waals surface area contributed by atoms with E-state index in [1.165, 1.54) is 18.2 Å². The van der Waals surface area contributed by atoms with Crippen LogP contribution in [0.25, 0.3) is 0 Å². The lowest BCUT2D eigenvalue weighted by Crippen LogP contribution is -2.06. The number of nitrogens with zero attached hydrogens (tertiary/aromatic N) is 1. The molecule has 0 saturated heterocycles. The van der Waals surface area contributed by atoms with Crippen molar-refractivity contribution < 1.29 is 10.1 Å². The lowest BCUT2D eigenvalue weighted by atomic mass is 10.2. The molecule has 0 aliphatic rings. The molecule has 0 saturated carbocycles. The van der Waals surface area contributed by atoms with Crippen LogP contribution in [0, 0.1) is 10.1 Å². The highest BCUT2D eigenvalue weighted by molar-refractivity contribution is 6.31. The number of benzene rings is 1. The molecule has 2 N–H and O–H groups in total. The molecule has 5 nitrogen and oxygen atoms in total. The van der Waals surface area contributed by atoms with E-state index < -0.39 is 4.92 Å². The molecule has 1 aromatic carbocycles. The molecule has 13 heavy (non-hydrogen) atoms. The summed E-state index contributed by atoms with van der Waals surface area (Å²) in [6, 6.07) is 4.04. The Morgan fingerprint density at radius 3 is 2.85 bits per heavy atom. The van der Waals surface area contributed by atoms with Gasteiger partial charge in [0, 0.05) is 23.7 Å². The largest absolute Gasteiger partial charge is 0.316 e. The first-order chi connectivity index (χ1) is 6.15. The molecule has 0 aliphatic heterocycles. The molecular formula is C7H7ClN2O3. The van der Waals surface area contributed by atoms with E-state index in [0.29, 0.717) is 10.6 Å². The summed E-state index contributed by atoms with van der Waals surface area (Å²) in [5.41, 5.74) is 2.32. The Morgan fingerprint density at radius 1 is 1.62 bits per heavy atom. The second-order valence-electron chi connectivity index (χ2n) is 2.37. The van der Waals surface area contributed by atoms with Crippen LogP contribution in [0.5, 0.6) is 0 Å². The highest BCUT2D eigenvalue weighted by atomic mass is 35.5. The van der Waals surface area contributed by atoms with Crippen molar-refractivity contribution in [3.63, 3.8) is 0 Å². The number of rotatable bonds is 3. The van der Waals surface area contributed by atoms with E-state index in [4.69, 9.17) is 16.8 Å². The van der Waals surface area contributed by atoms with Crippen LogP contribution in [-0.4, -0.2) is 10.1 Å². The van der Waals surface area contributed by atoms with Crippen molar-refractivity contribution in [2.75, 3.05) is 0 Å². The molecule has 0 fully saturated rings. The summed E-state index contributed by atoms with van der Waals surface area (Å²) in [5, 5.41) is 19.1. The van der Waals surface area contributed by atoms with Gasteiger partial charge in [0.05, 0.1) is 4.92 Å². The van der Waals surface area contributed by atoms with Crippen LogP contribution in [0.2, 0.25) is 5.02 Å². The van der Waals surface area contributed by atoms with Crippen LogP contribution in [-0.2, 0) is 6.54 Å². The third kappa shape index (κ3) is 2.38. The van der Waals surface area contributed by atoms with Gasteiger partial charge in [-0.15, -0.1) is 0 Å². The minimum atomic E-state index is -0.517. The van der Waals surface area contributed by atoms with Crippen molar-refractivity contribution in [2.45, 2.75) is 6.54 Å². The summed E-state index contributed by atoms with van der Waals surface area (Å²) in [4.78, 5) is 9.83. The van der Waals surface area contributed by atoms with Gasteiger partial charge in [0.25, 0.3) is 5.69 Å². The Morgan fingerprint density at radius 2 is 2.31 bits per heavy atom. The van der Waals surface area contributed by atoms with Gasteiger partial charge in [0.1, 0.15) is 0 Å². The number of hydrogen-bond acceptors (Lipinski definition) is 4. The van der Waals surface area contributed by atoms with E-state index in [1.807, 2.05) is 5.48 Å². The van der Waals surface area contributed by atoms with E-state index in [2.05, 4.69) is 0 Å². The Hall–Kier alpha value is -1.17. The average Bonchev–Trinajstić information content (AvgIpc) is 2.08. The van der Waals surface area contributed by atoms with Gasteiger partial charge in [0.2, 0.25) is 0 Å². The maximum absolute atomic E-state index is 10.3. The Labute approximate surface area is 79.1 Å². The number of nitro benzene ring substituents is 1. The first-order valence-electron chi connectivity index (χ1n) is 3.45. The number of non-ortho nitro benzene ring substituents is 1. The van der Waals surface area contributed by atoms with E-state index in [9.17, 15) is 10.1 Å². The quantitative estimate of drug-likeness (QED) is 0.578. The highest BCUT2D eigenvalue weighted by Gasteiger charge is 2.08. The molecule has 0 heterocycles. The van der Waals surface area contributed by atoms with Crippen LogP contribution in [0.4, 0.5) is 5.69 Å². The van der Waals surface area contributed by atoms with Crippen molar-refractivity contribution in [2.24, 2.45) is 0 Å². The van der Waals surface area contributed by atoms with Gasteiger partial charge < -0.3 is 5.21 Å². The molecule has 0 unspecified atom stereocenters. The van der Waals surface area contributed by atoms with Crippen molar-refractivity contribution in [1.82, 2.24) is 5.48 Å². The normalized spacial score (nSPS) is 10.0. The van der Waals surface area contributed by atoms with Crippen molar-refractivity contribution >= 4 is 17.3 Å². The second-order valence-corrected chi connectivity index (χ2v) is 2.77. The minimum Gasteiger partial charge on any atom is -0.316 e. The predicted molar refractivity (Wildman–Crippen MR) is 46.7 cm³/mol. The fourth-order valence-electron chi connectivity index (χ4n) is 0.895. The summed E-state index contributed by atoms with van der Waals surface area (Å²) >= 11 is 5.71. The van der Waals surface area contributed by atoms with Gasteiger partial charge >= 0.3 is 0 Å². The molecule has 0 spiro atoms. The summed E-state index contributed by atoms with van der Waals surface area (Å²) < 4.78 is 0. The van der Waals surface area contributed by atoms with Gasteiger partial charge in [-0.1, -0.05) is 11.6 Å². The third-order valence-corrected chi connectivity index (χ3v) is 1.88. The topological polar surface area (TPSA) is 75.4 Å². The molecule has 0 amide bonds. The molecule has 0 aromatic heterocycles. The molecule has 1 aromatic rings. The lowest BCUT2D eigenvalue weighted by molar-refractivity contribution is -0.384. The minimum absolute atomic E-state index is 0.0466. The lowest BCUT2D eigenvalue weighted by Gasteiger charge is -2.01. The maximum Gasteiger partial charge on any atom is 0.269 e. The molecule has 70 valence electrons. The van der Waals surface area contributed by atoms with Crippen molar-refractivity contribution in [3.05, 3.63) is 38.9 Å². The Bertz CT molecular complexity index is 330. The number of hydrogen-bond donors (Lipinski definition) is 2. The average molecular weight is 203 g/mol. The SMILES string of the molecule is O=[N+]([O-])c1ccc(Cl)c(CNO)c1. The number of nitrogens with one attached hydrogen (secondary N) is 1. The fraction of sp³-hybridized carbons (Fsp3) is 0.143. The molecule has 1 rings (SSSR count). The van der Waals surface area contributed by atoms with E-state index in [0.717, 1.165) is 0 Å². The fourth-order valence-corrected chi connectivity index (χ4v) is 1.08. The van der Waals surface area contributed by atoms with E-state index in [1.54, 1.807) is 0 Å². The van der Waals surface area contributed by atoms with Crippen LogP contribution in [0.15, 0.2) is 18.2 Å². The third-order valence-electron chi connectivity index (χ3n) is 1.51. The first kappa shape index (κ1) is 9.91. The maximum atomic E-state index is 10.3. The summed E-state index contributed by atoms with van der Waals surface area (Å²) in [5.74, 6) is 0. The Balaban J connectivity index is 3.03. The second kappa shape index (κ2) is 4.18. The van der Waals surface area contributed by atoms with Gasteiger partial charge in [0.15, 0.2) is 0 Å². The molecule has 0 atom stereocenters. The zero-order valence-corrected chi connectivity index (χ0v) is 7.28. The van der Waals surface area contributed by atoms with E-state index in [-0.39, 0.29) is 12.2 Å². The Kier molecular flexibility index (Phi) is 3.18. The van der Waals surface area contributed by atoms with E-state index >= 15 is 0 Å². The first-order valence-corrected chi connectivity index (χ1v) is 3.82. The monoisotopic (exact) mass is 202 g/mol. The molecule has 0 radical (unpaired) electrons. The summed E-state index contributed by atoms with van der Waals surface area (Å²) in [6.07, 6.45) is 0. The standard InChI is InChI=1S/C7H7ClN2O3/c8-7-2-1-6(10(12)13)3-5(7)4-9-11/h1-3,9,11H,4H2. The molecule has 0 bridgehead atoms. The van der Waals surface area contributed by atoms with Gasteiger partial charge in [-0.3, -0.25) is 10.1 Å². The smallest absolute Gasteiger partial charge is 0.269 e. The number of hydroxylamine groups is 1. The number of halogens is 1. The molecular weight excluding hydrogens is 196 g/mol. The predicted octanol–water partition coefficient (Wildman–Crippen LogP) is 1.73. The zero-order chi connectivity index (χ0) is 9.84. The van der Waals surface area contributed by atoms with Crippen molar-refractivity contribution in [1.29, 1.82) is 0 Å². The molecule has 6 heteroatoms. The van der Waals surface area contributed by atoms with Crippen LogP contribution in [0.3, 0.4) is 0 Å². The van der Waals surface area contributed by atoms with Gasteiger partial charge in [-0.05, 0) is 11.6 Å². The van der Waals surface area contributed by atoms with Gasteiger partial charge in [-0.25, -0.2) is 5.48 Å². The summed E-state index contributed by atoms with van der Waals surface area (Å²) in [7, 11) is 0. The highest BCUT2D eigenvalue weighted by Crippen LogP contribution is 2.21. The molecule has 0 aliphatic carbocycles. The zero-order valence-electron chi connectivity index (χ0n) is 6.53. The number of nitro groups is 1. The van der Waals surface area contributed by atoms with Crippen LogP contribution < -0.4 is 5.48 Å². The summed E-state index contributed by atoms with van der Waals surface area (Å²) in [6.45, 7) is 0.0838. The van der Waals surface area contributed by atoms with Crippen molar-refractivity contribution in [3.8, 4) is 0 Å².